The van der Waals surface area contributed by atoms with Crippen LogP contribution >= 0.6 is 23.4 Å². The molecule has 0 bridgehead atoms. The summed E-state index contributed by atoms with van der Waals surface area (Å²) in [6, 6.07) is 7.65. The SMILES string of the molecule is CC1(N)CCN(c2cnc(Sc3cccc(NC(=O)C4CCN(CC5CCN(c6cncc(C7CCC(=O)NC7=O)c6)CC5)CC4)c3Cl)c(N)n2)CC1. The fourth-order valence-corrected chi connectivity index (χ4v) is 8.92. The highest BCUT2D eigenvalue weighted by molar-refractivity contribution is 7.99. The molecular weight excluding hydrogens is 712 g/mol. The van der Waals surface area contributed by atoms with Gasteiger partial charge in [-0.1, -0.05) is 29.4 Å². The van der Waals surface area contributed by atoms with E-state index in [9.17, 15) is 14.4 Å². The number of pyridine rings is 1. The van der Waals surface area contributed by atoms with Crippen LogP contribution in [0.4, 0.5) is 23.0 Å². The number of nitrogens with one attached hydrogen (secondary N) is 2. The lowest BCUT2D eigenvalue weighted by atomic mass is 9.90. The number of piperidine rings is 4. The molecule has 7 rings (SSSR count). The number of anilines is 4. The van der Waals surface area contributed by atoms with E-state index in [-0.39, 0.29) is 35.1 Å². The Kier molecular flexibility index (Phi) is 11.4. The third kappa shape index (κ3) is 9.05. The summed E-state index contributed by atoms with van der Waals surface area (Å²) >= 11 is 8.16. The number of aromatic nitrogens is 3. The molecular formula is C38H49ClN10O3S. The van der Waals surface area contributed by atoms with Crippen LogP contribution in [0.1, 0.15) is 69.8 Å². The standard InChI is InChI=1S/C38H49ClN10O3S/c1-38(41)11-17-49(18-12-38)31-22-43-37(34(40)45-31)53-30-4-2-3-29(33(30)39)44-35(51)25-9-13-47(14-10-25)23-24-7-15-48(16-8-24)27-19-26(20-42-21-27)28-5-6-32(50)46-36(28)52/h2-4,19-22,24-25,28H,5-18,23,41H2,1H3,(H2,40,45)(H,44,51)(H,46,50,52). The van der Waals surface area contributed by atoms with E-state index in [2.05, 4.69) is 53.3 Å². The molecule has 6 heterocycles. The number of rotatable bonds is 9. The largest absolute Gasteiger partial charge is 0.381 e. The van der Waals surface area contributed by atoms with Gasteiger partial charge < -0.3 is 31.5 Å². The molecule has 1 unspecified atom stereocenters. The molecule has 15 heteroatoms. The van der Waals surface area contributed by atoms with E-state index in [1.807, 2.05) is 24.4 Å². The maximum absolute atomic E-state index is 13.4. The molecule has 0 saturated carbocycles. The van der Waals surface area contributed by atoms with Crippen molar-refractivity contribution in [2.45, 2.75) is 79.7 Å². The zero-order chi connectivity index (χ0) is 37.1. The van der Waals surface area contributed by atoms with Gasteiger partial charge in [0.15, 0.2) is 5.82 Å². The van der Waals surface area contributed by atoms with E-state index in [0.29, 0.717) is 40.3 Å². The Hall–Kier alpha value is -3.98. The van der Waals surface area contributed by atoms with Crippen LogP contribution in [0, 0.1) is 11.8 Å². The van der Waals surface area contributed by atoms with Crippen molar-refractivity contribution in [1.82, 2.24) is 25.2 Å². The second kappa shape index (κ2) is 16.2. The molecule has 4 saturated heterocycles. The lowest BCUT2D eigenvalue weighted by Crippen LogP contribution is -2.48. The normalized spacial score (nSPS) is 21.8. The molecule has 13 nitrogen and oxygen atoms in total. The molecule has 0 radical (unpaired) electrons. The minimum atomic E-state index is -0.331. The lowest BCUT2D eigenvalue weighted by molar-refractivity contribution is -0.134. The number of carbonyl (C=O) groups is 3. The average Bonchev–Trinajstić information content (AvgIpc) is 3.14. The van der Waals surface area contributed by atoms with Crippen molar-refractivity contribution in [3.63, 3.8) is 0 Å². The summed E-state index contributed by atoms with van der Waals surface area (Å²) in [6.07, 6.45) is 11.7. The van der Waals surface area contributed by atoms with E-state index in [4.69, 9.17) is 23.1 Å². The highest BCUT2D eigenvalue weighted by Gasteiger charge is 2.31. The first-order valence-corrected chi connectivity index (χ1v) is 19.9. The van der Waals surface area contributed by atoms with Gasteiger partial charge in [0, 0.05) is 61.7 Å². The number of hydrogen-bond acceptors (Lipinski definition) is 12. The summed E-state index contributed by atoms with van der Waals surface area (Å²) in [7, 11) is 0. The molecule has 1 atom stereocenters. The van der Waals surface area contributed by atoms with E-state index in [0.717, 1.165) is 106 Å². The zero-order valence-electron chi connectivity index (χ0n) is 30.2. The van der Waals surface area contributed by atoms with E-state index in [1.54, 1.807) is 12.4 Å². The molecule has 1 aromatic carbocycles. The van der Waals surface area contributed by atoms with E-state index >= 15 is 0 Å². The predicted octanol–water partition coefficient (Wildman–Crippen LogP) is 4.66. The molecule has 4 aliphatic heterocycles. The van der Waals surface area contributed by atoms with Crippen molar-refractivity contribution in [2.75, 3.05) is 66.7 Å². The highest BCUT2D eigenvalue weighted by atomic mass is 35.5. The third-order valence-corrected chi connectivity index (χ3v) is 12.8. The average molecular weight is 761 g/mol. The lowest BCUT2D eigenvalue weighted by Gasteiger charge is -2.38. The van der Waals surface area contributed by atoms with Crippen LogP contribution in [-0.4, -0.2) is 88.9 Å². The summed E-state index contributed by atoms with van der Waals surface area (Å²) in [4.78, 5) is 58.8. The Morgan fingerprint density at radius 2 is 1.77 bits per heavy atom. The van der Waals surface area contributed by atoms with Crippen LogP contribution in [0.25, 0.3) is 0 Å². The number of nitrogen functional groups attached to an aromatic ring is 1. The molecule has 3 amide bonds. The monoisotopic (exact) mass is 760 g/mol. The van der Waals surface area contributed by atoms with E-state index in [1.165, 1.54) is 11.8 Å². The number of likely N-dealkylation sites (tertiary alicyclic amines) is 1. The van der Waals surface area contributed by atoms with Crippen molar-refractivity contribution < 1.29 is 14.4 Å². The second-order valence-electron chi connectivity index (χ2n) is 15.3. The minimum Gasteiger partial charge on any atom is -0.381 e. The van der Waals surface area contributed by atoms with Gasteiger partial charge in [-0.25, -0.2) is 9.97 Å². The summed E-state index contributed by atoms with van der Waals surface area (Å²) in [6.45, 7) is 8.36. The third-order valence-electron chi connectivity index (χ3n) is 11.2. The first kappa shape index (κ1) is 37.3. The zero-order valence-corrected chi connectivity index (χ0v) is 31.8. The van der Waals surface area contributed by atoms with E-state index < -0.39 is 0 Å². The number of hydrogen-bond donors (Lipinski definition) is 4. The van der Waals surface area contributed by atoms with Gasteiger partial charge in [0.1, 0.15) is 10.8 Å². The topological polar surface area (TPSA) is 176 Å². The Labute approximate surface area is 320 Å². The number of nitrogens with two attached hydrogens (primary N) is 2. The number of imide groups is 1. The molecule has 0 spiro atoms. The molecule has 3 aromatic rings. The first-order chi connectivity index (χ1) is 25.5. The van der Waals surface area contributed by atoms with Gasteiger partial charge in [-0.15, -0.1) is 0 Å². The summed E-state index contributed by atoms with van der Waals surface area (Å²) in [5.41, 5.74) is 15.0. The predicted molar refractivity (Wildman–Crippen MR) is 208 cm³/mol. The number of amides is 3. The number of halogens is 1. The Balaban J connectivity index is 0.862. The fraction of sp³-hybridized carbons (Fsp3) is 0.526. The second-order valence-corrected chi connectivity index (χ2v) is 16.7. The van der Waals surface area contributed by atoms with Crippen LogP contribution in [0.5, 0.6) is 0 Å². The molecule has 0 aliphatic carbocycles. The van der Waals surface area contributed by atoms with Gasteiger partial charge in [-0.05, 0) is 94.6 Å². The molecule has 282 valence electrons. The quantitative estimate of drug-likeness (QED) is 0.222. The Bertz CT molecular complexity index is 1820. The Morgan fingerprint density at radius 1 is 1.02 bits per heavy atom. The van der Waals surface area contributed by atoms with Crippen molar-refractivity contribution >= 4 is 64.1 Å². The minimum absolute atomic E-state index is 0.00563. The smallest absolute Gasteiger partial charge is 0.234 e. The first-order valence-electron chi connectivity index (χ1n) is 18.7. The summed E-state index contributed by atoms with van der Waals surface area (Å²) in [5.74, 6) is 0.814. The van der Waals surface area contributed by atoms with Crippen LogP contribution < -0.4 is 31.9 Å². The van der Waals surface area contributed by atoms with Gasteiger partial charge >= 0.3 is 0 Å². The van der Waals surface area contributed by atoms with Crippen LogP contribution in [-0.2, 0) is 14.4 Å². The molecule has 53 heavy (non-hydrogen) atoms. The van der Waals surface area contributed by atoms with Gasteiger partial charge in [0.25, 0.3) is 0 Å². The Morgan fingerprint density at radius 3 is 2.49 bits per heavy atom. The van der Waals surface area contributed by atoms with Gasteiger partial charge in [0.2, 0.25) is 17.7 Å². The van der Waals surface area contributed by atoms with Crippen molar-refractivity contribution in [3.05, 3.63) is 53.4 Å². The van der Waals surface area contributed by atoms with Crippen molar-refractivity contribution in [2.24, 2.45) is 17.6 Å². The molecule has 4 aliphatic rings. The van der Waals surface area contributed by atoms with Gasteiger partial charge in [-0.2, -0.15) is 0 Å². The summed E-state index contributed by atoms with van der Waals surface area (Å²) in [5, 5.41) is 6.56. The molecule has 6 N–H and O–H groups in total. The number of carbonyl (C=O) groups excluding carboxylic acids is 3. The maximum Gasteiger partial charge on any atom is 0.234 e. The molecule has 4 fully saturated rings. The highest BCUT2D eigenvalue weighted by Crippen LogP contribution is 2.39. The van der Waals surface area contributed by atoms with Crippen molar-refractivity contribution in [1.29, 1.82) is 0 Å². The van der Waals surface area contributed by atoms with Crippen LogP contribution in [0.15, 0.2) is 52.8 Å². The maximum atomic E-state index is 13.4. The molecule has 2 aromatic heterocycles. The van der Waals surface area contributed by atoms with Gasteiger partial charge in [-0.3, -0.25) is 24.7 Å². The van der Waals surface area contributed by atoms with Gasteiger partial charge in [0.05, 0.1) is 34.7 Å². The summed E-state index contributed by atoms with van der Waals surface area (Å²) < 4.78 is 0. The number of nitrogens with zero attached hydrogens (tertiary/aromatic N) is 6. The van der Waals surface area contributed by atoms with Crippen LogP contribution in [0.3, 0.4) is 0 Å². The van der Waals surface area contributed by atoms with Crippen molar-refractivity contribution in [3.8, 4) is 0 Å². The number of benzene rings is 1. The van der Waals surface area contributed by atoms with Crippen LogP contribution in [0.2, 0.25) is 5.02 Å². The fourth-order valence-electron chi connectivity index (χ4n) is 7.82.